The molecule has 0 heterocycles. The summed E-state index contributed by atoms with van der Waals surface area (Å²) in [5.41, 5.74) is 6.50. The van der Waals surface area contributed by atoms with Crippen LogP contribution >= 0.6 is 0 Å². The fourth-order valence-corrected chi connectivity index (χ4v) is 1.83. The van der Waals surface area contributed by atoms with Crippen LogP contribution in [0.1, 0.15) is 12.5 Å². The van der Waals surface area contributed by atoms with E-state index in [4.69, 9.17) is 10.5 Å². The Morgan fingerprint density at radius 1 is 1.16 bits per heavy atom. The van der Waals surface area contributed by atoms with Gasteiger partial charge in [0.2, 0.25) is 5.75 Å². The molecule has 0 amide bonds. The number of rotatable bonds is 4. The first-order chi connectivity index (χ1) is 9.13. The molecule has 19 heavy (non-hydrogen) atoms. The maximum Gasteiger partial charge on any atom is 0.334 e. The van der Waals surface area contributed by atoms with Crippen molar-refractivity contribution < 1.29 is 9.66 Å². The highest BCUT2D eigenvalue weighted by Crippen LogP contribution is 2.36. The average Bonchev–Trinajstić information content (AvgIpc) is 2.39. The number of para-hydroxylation sites is 2. The number of benzene rings is 2. The van der Waals surface area contributed by atoms with E-state index in [0.717, 1.165) is 12.0 Å². The summed E-state index contributed by atoms with van der Waals surface area (Å²) in [4.78, 5) is 10.5. The molecule has 0 spiro atoms. The first-order valence-corrected chi connectivity index (χ1v) is 5.92. The lowest BCUT2D eigenvalue weighted by Gasteiger charge is -2.10. The SMILES string of the molecule is CCc1ccccc1Oc1cccc(N)c1[N+](=O)[O-]. The molecule has 2 N–H and O–H groups in total. The monoisotopic (exact) mass is 258 g/mol. The first-order valence-electron chi connectivity index (χ1n) is 5.92. The molecule has 0 atom stereocenters. The zero-order chi connectivity index (χ0) is 13.8. The van der Waals surface area contributed by atoms with Gasteiger partial charge in [0.15, 0.2) is 0 Å². The minimum atomic E-state index is -0.529. The van der Waals surface area contributed by atoms with Crippen LogP contribution in [0, 0.1) is 10.1 Å². The van der Waals surface area contributed by atoms with E-state index in [1.807, 2.05) is 25.1 Å². The summed E-state index contributed by atoms with van der Waals surface area (Å²) in [6, 6.07) is 12.1. The van der Waals surface area contributed by atoms with E-state index >= 15 is 0 Å². The summed E-state index contributed by atoms with van der Waals surface area (Å²) in [6.07, 6.45) is 0.784. The van der Waals surface area contributed by atoms with Crippen LogP contribution in [-0.4, -0.2) is 4.92 Å². The van der Waals surface area contributed by atoms with Crippen molar-refractivity contribution in [3.63, 3.8) is 0 Å². The van der Waals surface area contributed by atoms with E-state index in [1.54, 1.807) is 18.2 Å². The summed E-state index contributed by atoms with van der Waals surface area (Å²) < 4.78 is 5.65. The highest BCUT2D eigenvalue weighted by molar-refractivity contribution is 5.66. The molecule has 0 aliphatic carbocycles. The fraction of sp³-hybridized carbons (Fsp3) is 0.143. The molecule has 2 aromatic rings. The van der Waals surface area contributed by atoms with Crippen molar-refractivity contribution in [2.45, 2.75) is 13.3 Å². The normalized spacial score (nSPS) is 10.2. The van der Waals surface area contributed by atoms with Crippen LogP contribution in [0.3, 0.4) is 0 Å². The first kappa shape index (κ1) is 12.9. The Hall–Kier alpha value is -2.56. The van der Waals surface area contributed by atoms with Crippen molar-refractivity contribution in [3.05, 3.63) is 58.1 Å². The van der Waals surface area contributed by atoms with Crippen LogP contribution < -0.4 is 10.5 Å². The number of hydrogen-bond acceptors (Lipinski definition) is 4. The predicted octanol–water partition coefficient (Wildman–Crippen LogP) is 3.53. The Bertz CT molecular complexity index is 611. The van der Waals surface area contributed by atoms with Crippen molar-refractivity contribution >= 4 is 11.4 Å². The standard InChI is InChI=1S/C14H14N2O3/c1-2-10-6-3-4-8-12(10)19-13-9-5-7-11(15)14(13)16(17)18/h3-9H,2,15H2,1H3. The topological polar surface area (TPSA) is 78.4 Å². The number of anilines is 1. The zero-order valence-electron chi connectivity index (χ0n) is 10.5. The summed E-state index contributed by atoms with van der Waals surface area (Å²) in [6.45, 7) is 2.00. The Balaban J connectivity index is 2.44. The lowest BCUT2D eigenvalue weighted by molar-refractivity contribution is -0.384. The van der Waals surface area contributed by atoms with Gasteiger partial charge in [-0.25, -0.2) is 0 Å². The lowest BCUT2D eigenvalue weighted by Crippen LogP contribution is -1.99. The molecule has 2 aromatic carbocycles. The van der Waals surface area contributed by atoms with E-state index in [2.05, 4.69) is 0 Å². The van der Waals surface area contributed by atoms with Crippen molar-refractivity contribution in [2.24, 2.45) is 0 Å². The van der Waals surface area contributed by atoms with Crippen LogP contribution in [0.2, 0.25) is 0 Å². The van der Waals surface area contributed by atoms with Crippen molar-refractivity contribution in [2.75, 3.05) is 5.73 Å². The van der Waals surface area contributed by atoms with Gasteiger partial charge in [0.25, 0.3) is 0 Å². The smallest absolute Gasteiger partial charge is 0.334 e. The molecule has 0 radical (unpaired) electrons. The molecule has 0 fully saturated rings. The summed E-state index contributed by atoms with van der Waals surface area (Å²) >= 11 is 0. The second kappa shape index (κ2) is 5.39. The van der Waals surface area contributed by atoms with Gasteiger partial charge in [0, 0.05) is 0 Å². The number of nitrogens with zero attached hydrogens (tertiary/aromatic N) is 1. The van der Waals surface area contributed by atoms with Gasteiger partial charge in [0.1, 0.15) is 11.4 Å². The van der Waals surface area contributed by atoms with E-state index in [9.17, 15) is 10.1 Å². The van der Waals surface area contributed by atoms with E-state index in [1.165, 1.54) is 6.07 Å². The Morgan fingerprint density at radius 3 is 2.53 bits per heavy atom. The van der Waals surface area contributed by atoms with Crippen LogP contribution in [0.15, 0.2) is 42.5 Å². The fourth-order valence-electron chi connectivity index (χ4n) is 1.83. The van der Waals surface area contributed by atoms with Gasteiger partial charge in [0.05, 0.1) is 4.92 Å². The van der Waals surface area contributed by atoms with E-state index < -0.39 is 4.92 Å². The van der Waals surface area contributed by atoms with Crippen molar-refractivity contribution in [1.82, 2.24) is 0 Å². The highest BCUT2D eigenvalue weighted by atomic mass is 16.6. The molecule has 0 unspecified atom stereocenters. The van der Waals surface area contributed by atoms with Gasteiger partial charge in [-0.2, -0.15) is 0 Å². The van der Waals surface area contributed by atoms with Crippen molar-refractivity contribution in [1.29, 1.82) is 0 Å². The molecule has 0 aromatic heterocycles. The molecule has 5 nitrogen and oxygen atoms in total. The molecule has 5 heteroatoms. The number of ether oxygens (including phenoxy) is 1. The van der Waals surface area contributed by atoms with Gasteiger partial charge in [-0.3, -0.25) is 10.1 Å². The van der Waals surface area contributed by atoms with Crippen LogP contribution in [0.4, 0.5) is 11.4 Å². The molecule has 0 bridgehead atoms. The molecular formula is C14H14N2O3. The van der Waals surface area contributed by atoms with Gasteiger partial charge in [-0.1, -0.05) is 31.2 Å². The van der Waals surface area contributed by atoms with Crippen molar-refractivity contribution in [3.8, 4) is 11.5 Å². The summed E-state index contributed by atoms with van der Waals surface area (Å²) in [5.74, 6) is 0.768. The summed E-state index contributed by atoms with van der Waals surface area (Å²) in [5, 5.41) is 11.0. The summed E-state index contributed by atoms with van der Waals surface area (Å²) in [7, 11) is 0. The molecule has 0 saturated heterocycles. The van der Waals surface area contributed by atoms with E-state index in [-0.39, 0.29) is 17.1 Å². The second-order valence-corrected chi connectivity index (χ2v) is 4.01. The maximum atomic E-state index is 11.0. The second-order valence-electron chi connectivity index (χ2n) is 4.01. The highest BCUT2D eigenvalue weighted by Gasteiger charge is 2.20. The Kier molecular flexibility index (Phi) is 3.66. The van der Waals surface area contributed by atoms with Gasteiger partial charge in [-0.05, 0) is 30.2 Å². The third kappa shape index (κ3) is 2.65. The lowest BCUT2D eigenvalue weighted by atomic mass is 10.1. The molecule has 0 aliphatic heterocycles. The number of aryl methyl sites for hydroxylation is 1. The molecule has 2 rings (SSSR count). The van der Waals surface area contributed by atoms with Gasteiger partial charge in [-0.15, -0.1) is 0 Å². The molecule has 98 valence electrons. The van der Waals surface area contributed by atoms with Crippen LogP contribution in [0.25, 0.3) is 0 Å². The Labute approximate surface area is 110 Å². The van der Waals surface area contributed by atoms with Gasteiger partial charge < -0.3 is 10.5 Å². The van der Waals surface area contributed by atoms with Crippen LogP contribution in [0.5, 0.6) is 11.5 Å². The number of nitro benzene ring substituents is 1. The predicted molar refractivity (Wildman–Crippen MR) is 73.4 cm³/mol. The number of nitro groups is 1. The molecule has 0 saturated carbocycles. The largest absolute Gasteiger partial charge is 0.450 e. The third-order valence-corrected chi connectivity index (χ3v) is 2.79. The minimum absolute atomic E-state index is 0.0940. The third-order valence-electron chi connectivity index (χ3n) is 2.79. The Morgan fingerprint density at radius 2 is 1.84 bits per heavy atom. The van der Waals surface area contributed by atoms with E-state index in [0.29, 0.717) is 5.75 Å². The van der Waals surface area contributed by atoms with Gasteiger partial charge >= 0.3 is 5.69 Å². The minimum Gasteiger partial charge on any atom is -0.450 e. The number of nitrogens with two attached hydrogens (primary N) is 1. The number of hydrogen-bond donors (Lipinski definition) is 1. The van der Waals surface area contributed by atoms with Crippen LogP contribution in [-0.2, 0) is 6.42 Å². The number of nitrogen functional groups attached to an aromatic ring is 1. The molecule has 0 aliphatic rings. The zero-order valence-corrected chi connectivity index (χ0v) is 10.5. The quantitative estimate of drug-likeness (QED) is 0.517. The molecular weight excluding hydrogens is 244 g/mol. The average molecular weight is 258 g/mol. The maximum absolute atomic E-state index is 11.0.